The Labute approximate surface area is 350 Å². The monoisotopic (exact) mass is 798 g/mol. The van der Waals surface area contributed by atoms with E-state index < -0.39 is 6.43 Å². The summed E-state index contributed by atoms with van der Waals surface area (Å²) in [7, 11) is 2.12. The average Bonchev–Trinajstić information content (AvgIpc) is 3.45. The first kappa shape index (κ1) is 42.1. The smallest absolute Gasteiger partial charge is 0.263 e. The van der Waals surface area contributed by atoms with Crippen LogP contribution in [0.5, 0.6) is 0 Å². The van der Waals surface area contributed by atoms with Gasteiger partial charge in [-0.15, -0.1) is 6.58 Å². The third kappa shape index (κ3) is 9.88. The van der Waals surface area contributed by atoms with Gasteiger partial charge in [-0.2, -0.15) is 0 Å². The number of aliphatic hydroxyl groups is 1. The quantitative estimate of drug-likeness (QED) is 0.0734. The van der Waals surface area contributed by atoms with Gasteiger partial charge in [-0.05, 0) is 127 Å². The van der Waals surface area contributed by atoms with Crippen molar-refractivity contribution in [2.45, 2.75) is 70.9 Å². The molecule has 2 heterocycles. The van der Waals surface area contributed by atoms with E-state index in [9.17, 15) is 18.7 Å². The number of aliphatic hydroxyl groups excluding tert-OH is 1. The number of carbonyl (C=O) groups is 1. The zero-order chi connectivity index (χ0) is 41.5. The van der Waals surface area contributed by atoms with Crippen LogP contribution in [0, 0.1) is 5.92 Å². The van der Waals surface area contributed by atoms with E-state index in [0.29, 0.717) is 17.5 Å². The highest BCUT2D eigenvalue weighted by atomic mass is 19.3. The molecule has 2 fully saturated rings. The molecule has 2 saturated heterocycles. The lowest BCUT2D eigenvalue weighted by atomic mass is 9.87. The maximum absolute atomic E-state index is 13.5. The summed E-state index contributed by atoms with van der Waals surface area (Å²) in [6.45, 7) is 17.9. The molecule has 1 unspecified atom stereocenters. The number of hydrogen-bond donors (Lipinski definition) is 1. The lowest BCUT2D eigenvalue weighted by molar-refractivity contribution is 0.112. The lowest BCUT2D eigenvalue weighted by Gasteiger charge is -2.40. The first-order valence-corrected chi connectivity index (χ1v) is 21.5. The van der Waals surface area contributed by atoms with Crippen LogP contribution in [-0.4, -0.2) is 80.1 Å². The molecular weight excluding hydrogens is 739 g/mol. The highest BCUT2D eigenvalue weighted by Gasteiger charge is 2.26. The minimum atomic E-state index is -2.50. The molecule has 1 N–H and O–H groups in total. The van der Waals surface area contributed by atoms with Crippen molar-refractivity contribution in [2.75, 3.05) is 62.7 Å². The molecule has 7 rings (SSSR count). The highest BCUT2D eigenvalue weighted by Crippen LogP contribution is 2.41. The number of allylic oxidation sites excluding steroid dienone is 1. The van der Waals surface area contributed by atoms with E-state index >= 15 is 0 Å². The number of piperidine rings is 1. The van der Waals surface area contributed by atoms with Crippen LogP contribution >= 0.6 is 0 Å². The summed E-state index contributed by atoms with van der Waals surface area (Å²) in [5.41, 5.74) is 11.6. The number of alkyl halides is 2. The molecule has 0 spiro atoms. The van der Waals surface area contributed by atoms with E-state index in [-0.39, 0.29) is 11.3 Å². The number of halogens is 2. The minimum Gasteiger partial charge on any atom is -0.508 e. The Bertz CT molecular complexity index is 2110. The van der Waals surface area contributed by atoms with Crippen LogP contribution in [0.3, 0.4) is 0 Å². The number of carbonyl (C=O) groups excluding carboxylic acids is 1. The van der Waals surface area contributed by atoms with E-state index in [1.807, 2.05) is 36.4 Å². The van der Waals surface area contributed by atoms with E-state index in [1.54, 1.807) is 12.1 Å². The van der Waals surface area contributed by atoms with Crippen LogP contribution in [0.1, 0.15) is 101 Å². The van der Waals surface area contributed by atoms with Gasteiger partial charge in [-0.25, -0.2) is 8.78 Å². The van der Waals surface area contributed by atoms with Gasteiger partial charge in [0.2, 0.25) is 0 Å². The van der Waals surface area contributed by atoms with Crippen molar-refractivity contribution in [2.24, 2.45) is 5.92 Å². The van der Waals surface area contributed by atoms with Crippen LogP contribution < -0.4 is 9.80 Å². The Morgan fingerprint density at radius 2 is 1.54 bits per heavy atom. The number of likely N-dealkylation sites (N-methyl/N-ethyl adjacent to an activating group) is 1. The summed E-state index contributed by atoms with van der Waals surface area (Å²) in [5, 5.41) is 10.2. The number of benzene rings is 4. The van der Waals surface area contributed by atoms with Crippen molar-refractivity contribution in [3.05, 3.63) is 149 Å². The molecule has 0 radical (unpaired) electrons. The Balaban J connectivity index is 0.979. The van der Waals surface area contributed by atoms with Crippen LogP contribution in [0.2, 0.25) is 0 Å². The first-order chi connectivity index (χ1) is 28.6. The fourth-order valence-corrected chi connectivity index (χ4v) is 9.42. The zero-order valence-electron chi connectivity index (χ0n) is 34.9. The molecule has 8 heteroatoms. The van der Waals surface area contributed by atoms with Crippen molar-refractivity contribution < 1.29 is 18.7 Å². The molecule has 6 nitrogen and oxygen atoms in total. The van der Waals surface area contributed by atoms with Crippen molar-refractivity contribution in [1.29, 1.82) is 0 Å². The van der Waals surface area contributed by atoms with Crippen molar-refractivity contribution >= 4 is 34.6 Å². The summed E-state index contributed by atoms with van der Waals surface area (Å²) < 4.78 is 26.9. The molecule has 2 aliphatic heterocycles. The van der Waals surface area contributed by atoms with E-state index in [2.05, 4.69) is 89.2 Å². The third-order valence-corrected chi connectivity index (χ3v) is 12.9. The Kier molecular flexibility index (Phi) is 13.8. The van der Waals surface area contributed by atoms with Crippen molar-refractivity contribution in [1.82, 2.24) is 9.80 Å². The molecule has 0 bridgehead atoms. The van der Waals surface area contributed by atoms with Crippen LogP contribution in [0.4, 0.5) is 20.2 Å². The molecule has 1 aliphatic carbocycles. The topological polar surface area (TPSA) is 50.3 Å². The summed E-state index contributed by atoms with van der Waals surface area (Å²) in [4.78, 5) is 21.8. The van der Waals surface area contributed by atoms with Gasteiger partial charge in [-0.3, -0.25) is 14.6 Å². The highest BCUT2D eigenvalue weighted by molar-refractivity contribution is 6.00. The fourth-order valence-electron chi connectivity index (χ4n) is 9.42. The largest absolute Gasteiger partial charge is 0.508 e. The van der Waals surface area contributed by atoms with Crippen molar-refractivity contribution in [3.63, 3.8) is 0 Å². The van der Waals surface area contributed by atoms with Gasteiger partial charge in [0.15, 0.2) is 0 Å². The standard InChI is InChI=1S/C51H60F2N4O2/c1-5-8-45(6-2)54(4)34-44-32-47(21-17-43(44)35-58)57-29-27-55(28-30-57)33-37-23-25-56(26-24-37)46-19-15-39(16-20-46)50-48(38-11-13-40(14-12-38)51(52)53)10-7-9-42-31-41(36(3)59)18-22-49(42)50/h6,11-22,31-32,35,37,45,51,59H,2-3,5,7-10,23-30,33-34H2,1,4H3. The maximum Gasteiger partial charge on any atom is 0.263 e. The Morgan fingerprint density at radius 3 is 2.19 bits per heavy atom. The Morgan fingerprint density at radius 1 is 0.864 bits per heavy atom. The minimum absolute atomic E-state index is 0.0311. The third-order valence-electron chi connectivity index (χ3n) is 12.9. The second kappa shape index (κ2) is 19.3. The summed E-state index contributed by atoms with van der Waals surface area (Å²) in [6.07, 6.45) is 7.55. The van der Waals surface area contributed by atoms with Gasteiger partial charge in [0.1, 0.15) is 12.0 Å². The zero-order valence-corrected chi connectivity index (χ0v) is 34.9. The molecule has 4 aromatic carbocycles. The van der Waals surface area contributed by atoms with Gasteiger partial charge < -0.3 is 14.9 Å². The number of rotatable bonds is 15. The summed E-state index contributed by atoms with van der Waals surface area (Å²) in [5.74, 6) is 0.719. The number of fused-ring (bicyclic) bond motifs is 1. The van der Waals surface area contributed by atoms with Crippen LogP contribution in [-0.2, 0) is 13.0 Å². The summed E-state index contributed by atoms with van der Waals surface area (Å²) >= 11 is 0. The van der Waals surface area contributed by atoms with E-state index in [4.69, 9.17) is 0 Å². The molecule has 4 aromatic rings. The maximum atomic E-state index is 13.5. The normalized spacial score (nSPS) is 17.3. The predicted octanol–water partition coefficient (Wildman–Crippen LogP) is 11.1. The lowest BCUT2D eigenvalue weighted by Crippen LogP contribution is -2.49. The van der Waals surface area contributed by atoms with Gasteiger partial charge >= 0.3 is 0 Å². The molecule has 1 atom stereocenters. The fraction of sp³-hybridized carbons (Fsp3) is 0.392. The number of aldehydes is 1. The van der Waals surface area contributed by atoms with Gasteiger partial charge in [0, 0.05) is 86.5 Å². The molecule has 3 aliphatic rings. The number of piperazine rings is 1. The van der Waals surface area contributed by atoms with E-state index in [1.165, 1.54) is 11.4 Å². The number of anilines is 2. The molecule has 0 saturated carbocycles. The first-order valence-electron chi connectivity index (χ1n) is 21.5. The Hall–Kier alpha value is -5.05. The van der Waals surface area contributed by atoms with Gasteiger partial charge in [0.25, 0.3) is 6.43 Å². The number of hydrogen-bond acceptors (Lipinski definition) is 6. The second-order valence-electron chi connectivity index (χ2n) is 16.7. The number of nitrogens with zero attached hydrogens (tertiary/aromatic N) is 4. The van der Waals surface area contributed by atoms with Gasteiger partial charge in [-0.1, -0.05) is 74.5 Å². The second-order valence-corrected chi connectivity index (χ2v) is 16.7. The molecular formula is C51H60F2N4O2. The molecule has 310 valence electrons. The molecule has 0 amide bonds. The molecule has 59 heavy (non-hydrogen) atoms. The average molecular weight is 799 g/mol. The van der Waals surface area contributed by atoms with Gasteiger partial charge in [0.05, 0.1) is 0 Å². The SMILES string of the molecule is C=CC(CCC)N(C)Cc1cc(N2CCN(CC3CCN(c4ccc(C5=C(c6ccc(C(F)F)cc6)CCCc6cc(C(=C)O)ccc65)cc4)CC3)CC2)ccc1C=O. The van der Waals surface area contributed by atoms with Crippen LogP contribution in [0.15, 0.2) is 104 Å². The van der Waals surface area contributed by atoms with Crippen LogP contribution in [0.25, 0.3) is 16.9 Å². The summed E-state index contributed by atoms with van der Waals surface area (Å²) in [6, 6.07) is 28.3. The predicted molar refractivity (Wildman–Crippen MR) is 241 cm³/mol. The van der Waals surface area contributed by atoms with E-state index in [0.717, 1.165) is 148 Å². The molecule has 0 aromatic heterocycles. The van der Waals surface area contributed by atoms with Crippen molar-refractivity contribution in [3.8, 4) is 0 Å². The number of aryl methyl sites for hydroxylation is 1.